The Morgan fingerprint density at radius 2 is 0.676 bits per heavy atom. The third-order valence-electron chi connectivity index (χ3n) is 13.9. The molecule has 600 valence electrons. The number of hydrogen-bond donors (Lipinski definition) is 17. The molecule has 36 nitrogen and oxygen atoms in total. The summed E-state index contributed by atoms with van der Waals surface area (Å²) in [7, 11) is 0. The van der Waals surface area contributed by atoms with Crippen molar-refractivity contribution in [2.45, 2.75) is 232 Å². The third kappa shape index (κ3) is 50.1. The number of carboxylic acid groups (broad SMARTS) is 6. The van der Waals surface area contributed by atoms with E-state index in [1.807, 2.05) is 57.2 Å². The maximum Gasteiger partial charge on any atom is 0.329 e. The Kier molecular flexibility index (Phi) is 45.5. The molecule has 0 spiro atoms. The zero-order valence-electron chi connectivity index (χ0n) is 63.2. The molecule has 0 aliphatic carbocycles. The Bertz CT molecular complexity index is 3300. The van der Waals surface area contributed by atoms with Gasteiger partial charge in [-0.15, -0.1) is 0 Å². The molecule has 6 atom stereocenters. The fraction of sp³-hybridized carbons (Fsp3) is 0.542. The molecule has 3 rings (SSSR count). The SMILES string of the molecule is CC(C)(C)OC(=O)CC[C@H](NC(=O)N[C@@H](CCCCN)C(=O)OC(C)(C)C)C(=O)OC(C)(C)C.Cc1ccc(N=C=O)cc1.Cc1ccc(NC(=O)NCCCC[C@H](NC(=O)N[C@@H](CCC(=O)O)C(=O)O)C(=O)O)cc1.Cc1ccc(NC(=O)NCCCC[C@H](NC(=O)N[C@@H](CCC(=O)O)C(=O)O)C(=O)O)cc1. The maximum absolute atomic E-state index is 12.7. The van der Waals surface area contributed by atoms with E-state index in [4.69, 9.17) is 40.4 Å². The first kappa shape index (κ1) is 96.6. The number of carbonyl (C=O) groups excluding carboxylic acids is 9. The van der Waals surface area contributed by atoms with Crippen molar-refractivity contribution < 1.29 is 117 Å². The van der Waals surface area contributed by atoms with Gasteiger partial charge >= 0.3 is 83.9 Å². The second-order valence-electron chi connectivity index (χ2n) is 27.4. The Morgan fingerprint density at radius 3 is 0.981 bits per heavy atom. The molecule has 0 aromatic heterocycles. The Labute approximate surface area is 627 Å². The molecule has 0 bridgehead atoms. The van der Waals surface area contributed by atoms with Crippen LogP contribution in [0, 0.1) is 20.8 Å². The molecule has 0 saturated heterocycles. The molecule has 10 amide bonds. The maximum atomic E-state index is 12.7. The number of anilines is 2. The number of carbonyl (C=O) groups is 14. The van der Waals surface area contributed by atoms with E-state index >= 15 is 0 Å². The standard InChI is InChI=1S/C24H45N3O7.2C20H28N4O8.C8H7NO/c1-22(2,3)32-18(28)14-13-17(20(30)34-24(7,8)9)27-21(31)26-16(12-10-11-15-25)19(29)33-23(4,5)6;2*1-12-5-7-13(8-6-12)22-19(31)21-11-3-2-4-14(17(27)28)23-20(32)24-15(18(29)30)9-10-16(25)26;1-7-2-4-8(5-3-7)9-6-10/h16-17H,10-15,25H2,1-9H3,(H2,26,27,31);2*5-8,14-15H,2-4,9-11H2,1H3,(H,25,26)(H,27,28)(H,29,30)(H2,21,22,31)(H2,23,24,32);2-5H,1H3/t16-,17-;2*14-,15-;/m000./s1. The van der Waals surface area contributed by atoms with E-state index in [1.165, 1.54) is 6.08 Å². The molecule has 0 unspecified atom stereocenters. The molecule has 3 aromatic rings. The van der Waals surface area contributed by atoms with Crippen molar-refractivity contribution in [3.63, 3.8) is 0 Å². The molecule has 0 fully saturated rings. The van der Waals surface area contributed by atoms with Crippen LogP contribution >= 0.6 is 0 Å². The monoisotopic (exact) mass is 1520 g/mol. The van der Waals surface area contributed by atoms with Gasteiger partial charge in [-0.05, 0) is 203 Å². The predicted molar refractivity (Wildman–Crippen MR) is 395 cm³/mol. The number of aliphatic imine (C=N–C) groups is 1. The molecule has 0 saturated carbocycles. The van der Waals surface area contributed by atoms with E-state index in [-0.39, 0.29) is 51.6 Å². The van der Waals surface area contributed by atoms with Gasteiger partial charge in [-0.1, -0.05) is 53.1 Å². The van der Waals surface area contributed by atoms with Gasteiger partial charge in [0.15, 0.2) is 0 Å². The number of hydrogen-bond acceptors (Lipinski definition) is 20. The van der Waals surface area contributed by atoms with Gasteiger partial charge in [0.25, 0.3) is 0 Å². The number of nitrogens with zero attached hydrogens (tertiary/aromatic N) is 1. The van der Waals surface area contributed by atoms with E-state index in [9.17, 15) is 82.1 Å². The Morgan fingerprint density at radius 1 is 0.389 bits per heavy atom. The van der Waals surface area contributed by atoms with Crippen LogP contribution < -0.4 is 58.9 Å². The van der Waals surface area contributed by atoms with Crippen LogP contribution in [0.3, 0.4) is 0 Å². The van der Waals surface area contributed by atoms with Crippen LogP contribution in [0.5, 0.6) is 0 Å². The van der Waals surface area contributed by atoms with Gasteiger partial charge in [0, 0.05) is 43.7 Å². The molecular weight excluding hydrogens is 1420 g/mol. The summed E-state index contributed by atoms with van der Waals surface area (Å²) in [4.78, 5) is 177. The highest BCUT2D eigenvalue weighted by atomic mass is 16.6. The fourth-order valence-corrected chi connectivity index (χ4v) is 8.68. The van der Waals surface area contributed by atoms with Crippen LogP contribution in [0.25, 0.3) is 0 Å². The van der Waals surface area contributed by atoms with Crippen molar-refractivity contribution in [1.82, 2.24) is 42.5 Å². The Balaban J connectivity index is 0.00000149. The summed E-state index contributed by atoms with van der Waals surface area (Å²) < 4.78 is 16.1. The predicted octanol–water partition coefficient (Wildman–Crippen LogP) is 7.63. The molecule has 36 heteroatoms. The summed E-state index contributed by atoms with van der Waals surface area (Å²) in [6.07, 6.45) is 3.08. The molecule has 108 heavy (non-hydrogen) atoms. The lowest BCUT2D eigenvalue weighted by Crippen LogP contribution is -2.53. The average Bonchev–Trinajstić information content (AvgIpc) is 0.872. The Hall–Kier alpha value is -11.4. The van der Waals surface area contributed by atoms with Crippen molar-refractivity contribution in [1.29, 1.82) is 0 Å². The number of unbranched alkanes of at least 4 members (excludes halogenated alkanes) is 3. The number of nitrogens with two attached hydrogens (primary N) is 1. The number of aliphatic carboxylic acids is 6. The largest absolute Gasteiger partial charge is 0.481 e. The highest BCUT2D eigenvalue weighted by Gasteiger charge is 2.32. The minimum Gasteiger partial charge on any atom is -0.481 e. The second kappa shape index (κ2) is 50.9. The first-order chi connectivity index (χ1) is 50.3. The summed E-state index contributed by atoms with van der Waals surface area (Å²) in [5, 5.41) is 78.0. The zero-order valence-corrected chi connectivity index (χ0v) is 63.2. The van der Waals surface area contributed by atoms with Crippen molar-refractivity contribution in [2.24, 2.45) is 10.7 Å². The molecule has 3 aromatic carbocycles. The molecule has 0 heterocycles. The van der Waals surface area contributed by atoms with Gasteiger partial charge in [-0.2, -0.15) is 4.99 Å². The number of carboxylic acids is 6. The molecule has 0 radical (unpaired) electrons. The molecular formula is C72H108N12O24. The fourth-order valence-electron chi connectivity index (χ4n) is 8.68. The number of esters is 3. The zero-order chi connectivity index (χ0) is 82.3. The minimum atomic E-state index is -1.46. The number of isocyanates is 1. The van der Waals surface area contributed by atoms with Crippen LogP contribution in [-0.4, -0.2) is 193 Å². The van der Waals surface area contributed by atoms with E-state index in [1.54, 1.807) is 98.7 Å². The summed E-state index contributed by atoms with van der Waals surface area (Å²) in [6.45, 7) is 22.4. The topological polar surface area (TPSA) is 564 Å². The lowest BCUT2D eigenvalue weighted by Gasteiger charge is -2.27. The summed E-state index contributed by atoms with van der Waals surface area (Å²) in [5.74, 6) is -9.68. The van der Waals surface area contributed by atoms with Crippen LogP contribution in [-0.2, 0) is 62.2 Å². The molecule has 0 aliphatic heterocycles. The summed E-state index contributed by atoms with van der Waals surface area (Å²) >= 11 is 0. The third-order valence-corrected chi connectivity index (χ3v) is 13.9. The molecule has 18 N–H and O–H groups in total. The van der Waals surface area contributed by atoms with Gasteiger partial charge in [0.2, 0.25) is 6.08 Å². The van der Waals surface area contributed by atoms with Gasteiger partial charge in [-0.25, -0.2) is 57.5 Å². The van der Waals surface area contributed by atoms with Gasteiger partial charge in [0.05, 0.1) is 5.69 Å². The van der Waals surface area contributed by atoms with Gasteiger partial charge in [-0.3, -0.25) is 14.4 Å². The number of urea groups is 5. The van der Waals surface area contributed by atoms with Crippen molar-refractivity contribution >= 4 is 107 Å². The quantitative estimate of drug-likeness (QED) is 0.00861. The second-order valence-corrected chi connectivity index (χ2v) is 27.4. The van der Waals surface area contributed by atoms with Gasteiger partial charge < -0.3 is 104 Å². The highest BCUT2D eigenvalue weighted by Crippen LogP contribution is 2.17. The van der Waals surface area contributed by atoms with E-state index in [0.717, 1.165) is 16.7 Å². The van der Waals surface area contributed by atoms with E-state index in [0.29, 0.717) is 68.6 Å². The highest BCUT2D eigenvalue weighted by molar-refractivity contribution is 5.91. The van der Waals surface area contributed by atoms with E-state index in [2.05, 4.69) is 58.2 Å². The summed E-state index contributed by atoms with van der Waals surface area (Å²) in [5.41, 5.74) is 8.55. The number of rotatable bonds is 38. The number of benzene rings is 3. The van der Waals surface area contributed by atoms with Crippen LogP contribution in [0.4, 0.5) is 41.0 Å². The molecule has 0 aliphatic rings. The number of ether oxygens (including phenoxy) is 3. The number of aryl methyl sites for hydroxylation is 3. The van der Waals surface area contributed by atoms with Crippen LogP contribution in [0.1, 0.15) is 175 Å². The number of nitrogens with one attached hydrogen (secondary N) is 10. The number of amides is 10. The normalized spacial score (nSPS) is 12.4. The lowest BCUT2D eigenvalue weighted by atomic mass is 10.1. The lowest BCUT2D eigenvalue weighted by molar-refractivity contribution is -0.159. The minimum absolute atomic E-state index is 0.0263. The first-order valence-corrected chi connectivity index (χ1v) is 34.6. The van der Waals surface area contributed by atoms with Crippen molar-refractivity contribution in [3.8, 4) is 0 Å². The van der Waals surface area contributed by atoms with Gasteiger partial charge in [0.1, 0.15) is 53.1 Å². The first-order valence-electron chi connectivity index (χ1n) is 34.6. The van der Waals surface area contributed by atoms with E-state index < -0.39 is 150 Å². The van der Waals surface area contributed by atoms with Crippen molar-refractivity contribution in [2.75, 3.05) is 30.3 Å². The smallest absolute Gasteiger partial charge is 0.329 e. The summed E-state index contributed by atoms with van der Waals surface area (Å²) in [6, 6.07) is 10.7. The van der Waals surface area contributed by atoms with Crippen molar-refractivity contribution in [3.05, 3.63) is 89.5 Å². The van der Waals surface area contributed by atoms with Crippen LogP contribution in [0.15, 0.2) is 77.8 Å². The average molecular weight is 1530 g/mol. The van der Waals surface area contributed by atoms with Crippen LogP contribution in [0.2, 0.25) is 0 Å².